The summed E-state index contributed by atoms with van der Waals surface area (Å²) in [6.07, 6.45) is 0. The highest BCUT2D eigenvalue weighted by Crippen LogP contribution is 2.47. The Hall–Kier alpha value is -5.40. The van der Waals surface area contributed by atoms with Crippen LogP contribution < -0.4 is 4.90 Å². The molecule has 0 aromatic heterocycles. The Morgan fingerprint density at radius 1 is 0.318 bits per heavy atom. The molecular weight excluding hydrogens is 530 g/mol. The predicted molar refractivity (Wildman–Crippen MR) is 193 cm³/mol. The van der Waals surface area contributed by atoms with Crippen LogP contribution in [0.2, 0.25) is 0 Å². The van der Waals surface area contributed by atoms with E-state index in [1.54, 1.807) is 0 Å². The number of fused-ring (bicyclic) bond motifs is 4. The maximum atomic E-state index is 2.56. The second kappa shape index (κ2) is 8.58. The number of nitrogens with zero attached hydrogens (tertiary/aromatic N) is 1. The third kappa shape index (κ3) is 2.99. The van der Waals surface area contributed by atoms with E-state index in [1.807, 2.05) is 0 Å². The second-order valence-corrected chi connectivity index (χ2v) is 12.6. The van der Waals surface area contributed by atoms with E-state index in [1.165, 1.54) is 97.6 Å². The number of benzene rings is 10. The SMILES string of the molecule is CC(C)N(c1ccc2c3cccc4cccc(c5cccc1c52)c43)c1ccc2c3cccc4cccc(c5cccc1c52)c43. The van der Waals surface area contributed by atoms with Crippen molar-refractivity contribution in [1.82, 2.24) is 0 Å². The van der Waals surface area contributed by atoms with E-state index in [9.17, 15) is 0 Å². The fourth-order valence-corrected chi connectivity index (χ4v) is 8.37. The van der Waals surface area contributed by atoms with Gasteiger partial charge in [-0.25, -0.2) is 0 Å². The molecule has 0 aliphatic rings. The molecule has 10 rings (SSSR count). The fraction of sp³-hybridized carbons (Fsp3) is 0.0698. The van der Waals surface area contributed by atoms with E-state index in [4.69, 9.17) is 0 Å². The molecule has 10 aromatic rings. The molecule has 0 atom stereocenters. The number of hydrogen-bond acceptors (Lipinski definition) is 1. The van der Waals surface area contributed by atoms with Gasteiger partial charge in [0.05, 0.1) is 0 Å². The van der Waals surface area contributed by atoms with Gasteiger partial charge in [0.1, 0.15) is 0 Å². The van der Waals surface area contributed by atoms with Gasteiger partial charge in [0.2, 0.25) is 0 Å². The summed E-state index contributed by atoms with van der Waals surface area (Å²) in [5.41, 5.74) is 2.51. The molecule has 0 fully saturated rings. The first-order valence-corrected chi connectivity index (χ1v) is 15.6. The van der Waals surface area contributed by atoms with Crippen molar-refractivity contribution in [2.75, 3.05) is 4.90 Å². The molecule has 0 N–H and O–H groups in total. The lowest BCUT2D eigenvalue weighted by atomic mass is 9.88. The van der Waals surface area contributed by atoms with Crippen molar-refractivity contribution in [3.63, 3.8) is 0 Å². The van der Waals surface area contributed by atoms with Crippen LogP contribution in [-0.4, -0.2) is 6.04 Å². The van der Waals surface area contributed by atoms with Gasteiger partial charge in [-0.15, -0.1) is 0 Å². The lowest BCUT2D eigenvalue weighted by molar-refractivity contribution is 0.794. The molecule has 0 aliphatic carbocycles. The minimum absolute atomic E-state index is 0.253. The van der Waals surface area contributed by atoms with Gasteiger partial charge in [0, 0.05) is 28.2 Å². The highest BCUT2D eigenvalue weighted by molar-refractivity contribution is 6.36. The summed E-state index contributed by atoms with van der Waals surface area (Å²) in [4.78, 5) is 2.56. The molecule has 206 valence electrons. The molecule has 0 radical (unpaired) electrons. The van der Waals surface area contributed by atoms with Crippen LogP contribution in [0.5, 0.6) is 0 Å². The summed E-state index contributed by atoms with van der Waals surface area (Å²) in [7, 11) is 0. The zero-order valence-electron chi connectivity index (χ0n) is 24.7. The molecule has 10 aromatic carbocycles. The van der Waals surface area contributed by atoms with Gasteiger partial charge in [-0.2, -0.15) is 0 Å². The van der Waals surface area contributed by atoms with Crippen molar-refractivity contribution in [3.8, 4) is 0 Å². The van der Waals surface area contributed by atoms with E-state index >= 15 is 0 Å². The molecule has 0 saturated heterocycles. The Labute approximate surface area is 255 Å². The second-order valence-electron chi connectivity index (χ2n) is 12.6. The van der Waals surface area contributed by atoms with Crippen molar-refractivity contribution < 1.29 is 0 Å². The van der Waals surface area contributed by atoms with E-state index in [-0.39, 0.29) is 6.04 Å². The average molecular weight is 560 g/mol. The van der Waals surface area contributed by atoms with Crippen molar-refractivity contribution >= 4 is 97.6 Å². The maximum Gasteiger partial charge on any atom is 0.0493 e. The van der Waals surface area contributed by atoms with Crippen molar-refractivity contribution in [3.05, 3.63) is 133 Å². The molecule has 0 saturated carbocycles. The Kier molecular flexibility index (Phi) is 4.70. The summed E-state index contributed by atoms with van der Waals surface area (Å²) in [6.45, 7) is 4.63. The van der Waals surface area contributed by atoms with Crippen molar-refractivity contribution in [1.29, 1.82) is 0 Å². The van der Waals surface area contributed by atoms with Crippen LogP contribution in [0.1, 0.15) is 13.8 Å². The largest absolute Gasteiger partial charge is 0.338 e. The molecule has 0 spiro atoms. The molecule has 44 heavy (non-hydrogen) atoms. The summed E-state index contributed by atoms with van der Waals surface area (Å²) in [5.74, 6) is 0. The summed E-state index contributed by atoms with van der Waals surface area (Å²) in [5, 5.41) is 21.3. The summed E-state index contributed by atoms with van der Waals surface area (Å²) < 4.78 is 0. The summed E-state index contributed by atoms with van der Waals surface area (Å²) in [6, 6.07) is 50.3. The first kappa shape index (κ1) is 24.1. The van der Waals surface area contributed by atoms with E-state index in [0.29, 0.717) is 0 Å². The molecule has 0 unspecified atom stereocenters. The molecule has 0 heterocycles. The number of anilines is 2. The van der Waals surface area contributed by atoms with Gasteiger partial charge in [-0.1, -0.05) is 121 Å². The topological polar surface area (TPSA) is 3.24 Å². The Morgan fingerprint density at radius 3 is 0.977 bits per heavy atom. The monoisotopic (exact) mass is 559 g/mol. The van der Waals surface area contributed by atoms with Gasteiger partial charge in [0.25, 0.3) is 0 Å². The Bertz CT molecular complexity index is 2460. The molecular formula is C43H29N. The highest BCUT2D eigenvalue weighted by Gasteiger charge is 2.23. The smallest absolute Gasteiger partial charge is 0.0493 e. The van der Waals surface area contributed by atoms with E-state index in [0.717, 1.165) is 0 Å². The zero-order valence-corrected chi connectivity index (χ0v) is 24.7. The molecule has 0 aliphatic heterocycles. The Balaban J connectivity index is 1.31. The standard InChI is InChI=1S/C43H29N/c1-25(2)44(38-23-21-34-30-15-5-11-26-9-3-13-28(40(26)30)32-17-7-19-36(38)42(32)34)39-24-22-35-31-16-6-12-27-10-4-14-29(41(27)31)33-18-8-20-37(39)43(33)35/h3-25H,1-2H3. The van der Waals surface area contributed by atoms with Crippen LogP contribution in [0.4, 0.5) is 11.4 Å². The molecule has 1 nitrogen and oxygen atoms in total. The van der Waals surface area contributed by atoms with Crippen LogP contribution in [0.15, 0.2) is 133 Å². The number of rotatable bonds is 3. The van der Waals surface area contributed by atoms with Gasteiger partial charge in [0.15, 0.2) is 0 Å². The van der Waals surface area contributed by atoms with E-state index in [2.05, 4.69) is 152 Å². The lowest BCUT2D eigenvalue weighted by Crippen LogP contribution is -2.26. The fourth-order valence-electron chi connectivity index (χ4n) is 8.37. The molecule has 1 heteroatoms. The first-order chi connectivity index (χ1) is 21.7. The van der Waals surface area contributed by atoms with Crippen LogP contribution in [0.3, 0.4) is 0 Å². The summed E-state index contributed by atoms with van der Waals surface area (Å²) >= 11 is 0. The zero-order chi connectivity index (χ0) is 29.1. The predicted octanol–water partition coefficient (Wildman–Crippen LogP) is 12.3. The molecule has 0 bridgehead atoms. The van der Waals surface area contributed by atoms with Crippen molar-refractivity contribution in [2.45, 2.75) is 19.9 Å². The van der Waals surface area contributed by atoms with Crippen LogP contribution in [0, 0.1) is 0 Å². The van der Waals surface area contributed by atoms with Crippen molar-refractivity contribution in [2.24, 2.45) is 0 Å². The first-order valence-electron chi connectivity index (χ1n) is 15.6. The van der Waals surface area contributed by atoms with Crippen LogP contribution in [-0.2, 0) is 0 Å². The van der Waals surface area contributed by atoms with Crippen LogP contribution >= 0.6 is 0 Å². The minimum atomic E-state index is 0.253. The quantitative estimate of drug-likeness (QED) is 0.154. The van der Waals surface area contributed by atoms with Gasteiger partial charge in [-0.05, 0) is 101 Å². The maximum absolute atomic E-state index is 2.56. The Morgan fingerprint density at radius 2 is 0.614 bits per heavy atom. The third-order valence-corrected chi connectivity index (χ3v) is 10.0. The van der Waals surface area contributed by atoms with Gasteiger partial charge < -0.3 is 4.90 Å². The van der Waals surface area contributed by atoms with Gasteiger partial charge >= 0.3 is 0 Å². The minimum Gasteiger partial charge on any atom is -0.338 e. The molecule has 0 amide bonds. The van der Waals surface area contributed by atoms with E-state index < -0.39 is 0 Å². The third-order valence-electron chi connectivity index (χ3n) is 10.0. The highest BCUT2D eigenvalue weighted by atomic mass is 15.2. The average Bonchev–Trinajstić information content (AvgIpc) is 3.06. The van der Waals surface area contributed by atoms with Crippen LogP contribution in [0.25, 0.3) is 86.2 Å². The number of hydrogen-bond donors (Lipinski definition) is 0. The van der Waals surface area contributed by atoms with Gasteiger partial charge in [-0.3, -0.25) is 0 Å². The normalized spacial score (nSPS) is 12.5. The lowest BCUT2D eigenvalue weighted by Gasteiger charge is -2.32.